The van der Waals surface area contributed by atoms with Gasteiger partial charge in [-0.25, -0.2) is 13.6 Å². The quantitative estimate of drug-likeness (QED) is 0.928. The highest BCUT2D eigenvalue weighted by atomic mass is 19.1. The molecule has 126 valence electrons. The minimum Gasteiger partial charge on any atom is -0.334 e. The molecule has 4 nitrogen and oxygen atoms in total. The lowest BCUT2D eigenvalue weighted by molar-refractivity contribution is 0.109. The van der Waals surface area contributed by atoms with Crippen LogP contribution in [0, 0.1) is 11.6 Å². The van der Waals surface area contributed by atoms with E-state index in [4.69, 9.17) is 0 Å². The zero-order valence-corrected chi connectivity index (χ0v) is 13.2. The summed E-state index contributed by atoms with van der Waals surface area (Å²) in [6.45, 7) is 3.17. The first-order chi connectivity index (χ1) is 11.1. The standard InChI is InChI=1S/C17H23F2N3O/c18-14-5-6-16(19)13(11-14)12-20-17(23)22-9-7-21(8-10-22)15-3-1-2-4-15/h5-6,11,15H,1-4,7-10,12H2,(H,20,23). The van der Waals surface area contributed by atoms with Crippen LogP contribution in [0.15, 0.2) is 18.2 Å². The van der Waals surface area contributed by atoms with Crippen molar-refractivity contribution in [1.82, 2.24) is 15.1 Å². The van der Waals surface area contributed by atoms with E-state index in [2.05, 4.69) is 10.2 Å². The molecule has 2 amide bonds. The lowest BCUT2D eigenvalue weighted by Crippen LogP contribution is -2.53. The van der Waals surface area contributed by atoms with Gasteiger partial charge in [0.1, 0.15) is 11.6 Å². The minimum absolute atomic E-state index is 0.00522. The van der Waals surface area contributed by atoms with E-state index < -0.39 is 11.6 Å². The maximum absolute atomic E-state index is 13.5. The summed E-state index contributed by atoms with van der Waals surface area (Å²) in [7, 11) is 0. The Balaban J connectivity index is 1.47. The van der Waals surface area contributed by atoms with Crippen LogP contribution in [0.1, 0.15) is 31.2 Å². The summed E-state index contributed by atoms with van der Waals surface area (Å²) in [6, 6.07) is 3.75. The van der Waals surface area contributed by atoms with E-state index >= 15 is 0 Å². The summed E-state index contributed by atoms with van der Waals surface area (Å²) in [5.74, 6) is -1.00. The van der Waals surface area contributed by atoms with Gasteiger partial charge < -0.3 is 10.2 Å². The largest absolute Gasteiger partial charge is 0.334 e. The monoisotopic (exact) mass is 323 g/mol. The third kappa shape index (κ3) is 3.99. The molecular weight excluding hydrogens is 300 g/mol. The first-order valence-electron chi connectivity index (χ1n) is 8.34. The van der Waals surface area contributed by atoms with Gasteiger partial charge >= 0.3 is 6.03 Å². The molecule has 0 atom stereocenters. The third-order valence-electron chi connectivity index (χ3n) is 4.88. The van der Waals surface area contributed by atoms with Crippen molar-refractivity contribution >= 4 is 6.03 Å². The summed E-state index contributed by atoms with van der Waals surface area (Å²) in [5.41, 5.74) is 0.169. The van der Waals surface area contributed by atoms with E-state index in [1.54, 1.807) is 4.90 Å². The summed E-state index contributed by atoms with van der Waals surface area (Å²) >= 11 is 0. The topological polar surface area (TPSA) is 35.6 Å². The van der Waals surface area contributed by atoms with Gasteiger partial charge in [0.05, 0.1) is 0 Å². The number of rotatable bonds is 3. The summed E-state index contributed by atoms with van der Waals surface area (Å²) in [4.78, 5) is 16.4. The van der Waals surface area contributed by atoms with Crippen molar-refractivity contribution in [2.75, 3.05) is 26.2 Å². The number of nitrogens with one attached hydrogen (secondary N) is 1. The Morgan fingerprint density at radius 2 is 1.83 bits per heavy atom. The lowest BCUT2D eigenvalue weighted by atomic mass is 10.2. The molecule has 3 rings (SSSR count). The van der Waals surface area contributed by atoms with Crippen molar-refractivity contribution in [2.45, 2.75) is 38.3 Å². The van der Waals surface area contributed by atoms with Crippen LogP contribution in [-0.4, -0.2) is 48.1 Å². The lowest BCUT2D eigenvalue weighted by Gasteiger charge is -2.38. The van der Waals surface area contributed by atoms with Crippen LogP contribution in [0.25, 0.3) is 0 Å². The summed E-state index contributed by atoms with van der Waals surface area (Å²) < 4.78 is 26.7. The number of amides is 2. The van der Waals surface area contributed by atoms with Gasteiger partial charge in [-0.15, -0.1) is 0 Å². The highest BCUT2D eigenvalue weighted by Crippen LogP contribution is 2.24. The van der Waals surface area contributed by atoms with Gasteiger partial charge in [0, 0.05) is 44.3 Å². The van der Waals surface area contributed by atoms with E-state index in [1.807, 2.05) is 0 Å². The Bertz CT molecular complexity index is 553. The summed E-state index contributed by atoms with van der Waals surface area (Å²) in [5, 5.41) is 2.68. The average molecular weight is 323 g/mol. The van der Waals surface area contributed by atoms with Crippen LogP contribution in [0.2, 0.25) is 0 Å². The van der Waals surface area contributed by atoms with E-state index in [0.29, 0.717) is 19.1 Å². The van der Waals surface area contributed by atoms with Gasteiger partial charge in [0.25, 0.3) is 0 Å². The molecule has 1 aliphatic heterocycles. The van der Waals surface area contributed by atoms with Crippen LogP contribution >= 0.6 is 0 Å². The minimum atomic E-state index is -0.502. The smallest absolute Gasteiger partial charge is 0.317 e. The molecule has 2 fully saturated rings. The Morgan fingerprint density at radius 3 is 2.52 bits per heavy atom. The van der Waals surface area contributed by atoms with Crippen molar-refractivity contribution in [3.05, 3.63) is 35.4 Å². The van der Waals surface area contributed by atoms with Gasteiger partial charge in [0.2, 0.25) is 0 Å². The Kier molecular flexibility index (Phi) is 5.10. The van der Waals surface area contributed by atoms with Crippen LogP contribution in [-0.2, 0) is 6.54 Å². The number of hydrogen-bond donors (Lipinski definition) is 1. The van der Waals surface area contributed by atoms with E-state index in [9.17, 15) is 13.6 Å². The van der Waals surface area contributed by atoms with E-state index in [1.165, 1.54) is 25.7 Å². The Labute approximate surface area is 135 Å². The zero-order valence-electron chi connectivity index (χ0n) is 13.2. The fourth-order valence-corrected chi connectivity index (χ4v) is 3.52. The first-order valence-corrected chi connectivity index (χ1v) is 8.34. The number of piperazine rings is 1. The highest BCUT2D eigenvalue weighted by Gasteiger charge is 2.27. The third-order valence-corrected chi connectivity index (χ3v) is 4.88. The second-order valence-corrected chi connectivity index (χ2v) is 6.36. The number of nitrogens with zero attached hydrogens (tertiary/aromatic N) is 2. The molecule has 0 unspecified atom stereocenters. The molecule has 0 radical (unpaired) electrons. The van der Waals surface area contributed by atoms with Crippen LogP contribution in [0.5, 0.6) is 0 Å². The van der Waals surface area contributed by atoms with Crippen molar-refractivity contribution in [1.29, 1.82) is 0 Å². The first kappa shape index (κ1) is 16.2. The second kappa shape index (κ2) is 7.25. The number of hydrogen-bond acceptors (Lipinski definition) is 2. The molecule has 1 N–H and O–H groups in total. The number of benzene rings is 1. The van der Waals surface area contributed by atoms with Gasteiger partial charge in [-0.05, 0) is 31.0 Å². The number of carbonyl (C=O) groups is 1. The number of carbonyl (C=O) groups excluding carboxylic acids is 1. The van der Waals surface area contributed by atoms with Gasteiger partial charge in [0.15, 0.2) is 0 Å². The molecule has 1 saturated carbocycles. The molecule has 1 aromatic carbocycles. The molecule has 0 spiro atoms. The maximum Gasteiger partial charge on any atom is 0.317 e. The molecular formula is C17H23F2N3O. The summed E-state index contributed by atoms with van der Waals surface area (Å²) in [6.07, 6.45) is 5.16. The fraction of sp³-hybridized carbons (Fsp3) is 0.588. The highest BCUT2D eigenvalue weighted by molar-refractivity contribution is 5.74. The van der Waals surface area contributed by atoms with Crippen LogP contribution < -0.4 is 5.32 Å². The number of urea groups is 1. The molecule has 23 heavy (non-hydrogen) atoms. The molecule has 1 heterocycles. The Hall–Kier alpha value is -1.69. The second-order valence-electron chi connectivity index (χ2n) is 6.36. The van der Waals surface area contributed by atoms with Crippen molar-refractivity contribution in [3.63, 3.8) is 0 Å². The predicted molar refractivity (Wildman–Crippen MR) is 84.0 cm³/mol. The van der Waals surface area contributed by atoms with Crippen molar-refractivity contribution in [2.24, 2.45) is 0 Å². The van der Waals surface area contributed by atoms with Crippen LogP contribution in [0.4, 0.5) is 13.6 Å². The van der Waals surface area contributed by atoms with Crippen LogP contribution in [0.3, 0.4) is 0 Å². The molecule has 1 aliphatic carbocycles. The fourth-order valence-electron chi connectivity index (χ4n) is 3.52. The predicted octanol–water partition coefficient (Wildman–Crippen LogP) is 2.73. The molecule has 6 heteroatoms. The molecule has 2 aliphatic rings. The van der Waals surface area contributed by atoms with Gasteiger partial charge in [-0.1, -0.05) is 12.8 Å². The van der Waals surface area contributed by atoms with Crippen molar-refractivity contribution < 1.29 is 13.6 Å². The normalized spacial score (nSPS) is 20.0. The molecule has 1 saturated heterocycles. The van der Waals surface area contributed by atoms with Crippen molar-refractivity contribution in [3.8, 4) is 0 Å². The zero-order chi connectivity index (χ0) is 16.2. The van der Waals surface area contributed by atoms with E-state index in [0.717, 1.165) is 31.3 Å². The Morgan fingerprint density at radius 1 is 1.13 bits per heavy atom. The number of halogens is 2. The molecule has 0 bridgehead atoms. The molecule has 0 aromatic heterocycles. The molecule has 1 aromatic rings. The van der Waals surface area contributed by atoms with E-state index in [-0.39, 0.29) is 18.1 Å². The van der Waals surface area contributed by atoms with Gasteiger partial charge in [-0.2, -0.15) is 0 Å². The van der Waals surface area contributed by atoms with Gasteiger partial charge in [-0.3, -0.25) is 4.90 Å². The SMILES string of the molecule is O=C(NCc1cc(F)ccc1F)N1CCN(C2CCCC2)CC1. The maximum atomic E-state index is 13.5. The average Bonchev–Trinajstić information content (AvgIpc) is 3.10.